The summed E-state index contributed by atoms with van der Waals surface area (Å²) in [6.45, 7) is 1.52. The molecule has 0 atom stereocenters. The van der Waals surface area contributed by atoms with Crippen LogP contribution in [0, 0.1) is 0 Å². The van der Waals surface area contributed by atoms with E-state index in [0.29, 0.717) is 6.04 Å². The normalized spacial score (nSPS) is 14.9. The van der Waals surface area contributed by atoms with Crippen LogP contribution in [0.3, 0.4) is 0 Å². The van der Waals surface area contributed by atoms with Gasteiger partial charge in [-0.2, -0.15) is 5.10 Å². The molecule has 0 saturated heterocycles. The number of anilines is 2. The van der Waals surface area contributed by atoms with Gasteiger partial charge < -0.3 is 10.6 Å². The van der Waals surface area contributed by atoms with E-state index in [1.807, 2.05) is 24.4 Å². The van der Waals surface area contributed by atoms with Gasteiger partial charge in [-0.1, -0.05) is 31.4 Å². The van der Waals surface area contributed by atoms with Gasteiger partial charge in [0.1, 0.15) is 5.82 Å². The number of carbonyl (C=O) groups excluding carboxylic acids is 1. The van der Waals surface area contributed by atoms with Crippen LogP contribution in [0.4, 0.5) is 11.5 Å². The molecule has 2 heterocycles. The summed E-state index contributed by atoms with van der Waals surface area (Å²) in [4.78, 5) is 15.8. The van der Waals surface area contributed by atoms with Gasteiger partial charge in [-0.15, -0.1) is 0 Å². The van der Waals surface area contributed by atoms with Crippen molar-refractivity contribution in [2.24, 2.45) is 0 Å². The first-order chi connectivity index (χ1) is 13.7. The number of nitrogens with one attached hydrogen (secondary N) is 3. The maximum absolute atomic E-state index is 11.1. The number of nitrogens with zero attached hydrogens (tertiary/aromatic N) is 2. The molecule has 1 aliphatic carbocycles. The second kappa shape index (κ2) is 8.42. The first-order valence-electron chi connectivity index (χ1n) is 10.1. The molecule has 0 unspecified atom stereocenters. The van der Waals surface area contributed by atoms with Crippen LogP contribution in [0.5, 0.6) is 0 Å². The lowest BCUT2D eigenvalue weighted by Gasteiger charge is -2.23. The highest BCUT2D eigenvalue weighted by atomic mass is 16.1. The second-order valence-corrected chi connectivity index (χ2v) is 7.61. The molecular formula is C22H27N5O. The molecule has 1 fully saturated rings. The Balaban J connectivity index is 1.48. The number of hydrogen-bond acceptors (Lipinski definition) is 4. The topological polar surface area (TPSA) is 82.7 Å². The number of aromatic amines is 1. The van der Waals surface area contributed by atoms with Crippen molar-refractivity contribution >= 4 is 28.3 Å². The monoisotopic (exact) mass is 377 g/mol. The minimum Gasteiger partial charge on any atom is -0.367 e. The zero-order valence-corrected chi connectivity index (χ0v) is 16.3. The third-order valence-corrected chi connectivity index (χ3v) is 5.42. The van der Waals surface area contributed by atoms with Crippen molar-refractivity contribution in [1.82, 2.24) is 15.2 Å². The summed E-state index contributed by atoms with van der Waals surface area (Å²) in [5.74, 6) is 0.899. The first kappa shape index (κ1) is 18.5. The fourth-order valence-electron chi connectivity index (χ4n) is 3.98. The molecule has 3 aromatic rings. The summed E-state index contributed by atoms with van der Waals surface area (Å²) in [6, 6.07) is 10.5. The largest absolute Gasteiger partial charge is 0.367 e. The highest BCUT2D eigenvalue weighted by molar-refractivity contribution is 5.91. The molecule has 0 aliphatic heterocycles. The number of rotatable bonds is 6. The average Bonchev–Trinajstić information content (AvgIpc) is 3.12. The fraction of sp³-hybridized carbons (Fsp3) is 0.409. The van der Waals surface area contributed by atoms with Gasteiger partial charge in [0.2, 0.25) is 5.91 Å². The summed E-state index contributed by atoms with van der Waals surface area (Å²) in [5, 5.41) is 15.3. The van der Waals surface area contributed by atoms with Crippen molar-refractivity contribution in [2.75, 3.05) is 10.6 Å². The Labute approximate surface area is 165 Å². The van der Waals surface area contributed by atoms with Gasteiger partial charge in [-0.05, 0) is 49.4 Å². The summed E-state index contributed by atoms with van der Waals surface area (Å²) >= 11 is 0. The molecule has 0 bridgehead atoms. The van der Waals surface area contributed by atoms with Crippen LogP contribution >= 0.6 is 0 Å². The molecule has 1 aromatic carbocycles. The van der Waals surface area contributed by atoms with Crippen LogP contribution in [-0.2, 0) is 17.6 Å². The highest BCUT2D eigenvalue weighted by Gasteiger charge is 2.17. The number of benzene rings is 1. The van der Waals surface area contributed by atoms with Crippen molar-refractivity contribution in [1.29, 1.82) is 0 Å². The van der Waals surface area contributed by atoms with E-state index in [9.17, 15) is 4.79 Å². The number of pyridine rings is 1. The number of fused-ring (bicyclic) bond motifs is 1. The second-order valence-electron chi connectivity index (χ2n) is 7.61. The van der Waals surface area contributed by atoms with E-state index in [4.69, 9.17) is 0 Å². The molecule has 0 radical (unpaired) electrons. The van der Waals surface area contributed by atoms with Gasteiger partial charge >= 0.3 is 0 Å². The van der Waals surface area contributed by atoms with Crippen molar-refractivity contribution in [3.8, 4) is 0 Å². The summed E-state index contributed by atoms with van der Waals surface area (Å²) < 4.78 is 0. The predicted octanol–water partition coefficient (Wildman–Crippen LogP) is 4.45. The lowest BCUT2D eigenvalue weighted by Crippen LogP contribution is -2.23. The third-order valence-electron chi connectivity index (χ3n) is 5.42. The van der Waals surface area contributed by atoms with Gasteiger partial charge in [0, 0.05) is 24.8 Å². The molecule has 4 rings (SSSR count). The molecule has 28 heavy (non-hydrogen) atoms. The maximum atomic E-state index is 11.1. The zero-order chi connectivity index (χ0) is 19.3. The average molecular weight is 377 g/mol. The lowest BCUT2D eigenvalue weighted by atomic mass is 9.95. The van der Waals surface area contributed by atoms with Crippen molar-refractivity contribution in [2.45, 2.75) is 57.9 Å². The van der Waals surface area contributed by atoms with E-state index in [-0.39, 0.29) is 5.91 Å². The molecule has 6 heteroatoms. The standard InChI is InChI=1S/C22H27N5O/c1-15(28)24-18-10-7-16(8-11-18)9-12-19-21-20(27-26-19)13-14-23-22(21)25-17-5-3-2-4-6-17/h7-8,10-11,13-14,17H,2-6,9,12H2,1H3,(H,23,25)(H,24,28)(H,26,27). The van der Waals surface area contributed by atoms with E-state index < -0.39 is 0 Å². The summed E-state index contributed by atoms with van der Waals surface area (Å²) in [7, 11) is 0. The van der Waals surface area contributed by atoms with Crippen LogP contribution in [0.2, 0.25) is 0 Å². The molecule has 1 aliphatic rings. The molecule has 6 nitrogen and oxygen atoms in total. The van der Waals surface area contributed by atoms with Crippen LogP contribution < -0.4 is 10.6 Å². The number of aromatic nitrogens is 3. The Morgan fingerprint density at radius 3 is 2.64 bits per heavy atom. The van der Waals surface area contributed by atoms with E-state index in [1.54, 1.807) is 0 Å². The van der Waals surface area contributed by atoms with Crippen LogP contribution in [0.1, 0.15) is 50.3 Å². The Kier molecular flexibility index (Phi) is 5.55. The van der Waals surface area contributed by atoms with E-state index in [2.05, 4.69) is 37.9 Å². The maximum Gasteiger partial charge on any atom is 0.221 e. The molecule has 0 spiro atoms. The smallest absolute Gasteiger partial charge is 0.221 e. The van der Waals surface area contributed by atoms with Crippen LogP contribution in [-0.4, -0.2) is 27.1 Å². The van der Waals surface area contributed by atoms with Crippen LogP contribution in [0.15, 0.2) is 36.5 Å². The number of hydrogen-bond donors (Lipinski definition) is 3. The Morgan fingerprint density at radius 2 is 1.89 bits per heavy atom. The Morgan fingerprint density at radius 1 is 1.11 bits per heavy atom. The lowest BCUT2D eigenvalue weighted by molar-refractivity contribution is -0.114. The SMILES string of the molecule is CC(=O)Nc1ccc(CCc2n[nH]c3ccnc(NC4CCCCC4)c23)cc1. The van der Waals surface area contributed by atoms with E-state index >= 15 is 0 Å². The molecule has 2 aromatic heterocycles. The summed E-state index contributed by atoms with van der Waals surface area (Å²) in [5.41, 5.74) is 4.12. The van der Waals surface area contributed by atoms with Gasteiger partial charge in [0.25, 0.3) is 0 Å². The van der Waals surface area contributed by atoms with Crippen molar-refractivity contribution < 1.29 is 4.79 Å². The zero-order valence-electron chi connectivity index (χ0n) is 16.3. The minimum absolute atomic E-state index is 0.0544. The number of amides is 1. The van der Waals surface area contributed by atoms with Crippen LogP contribution in [0.25, 0.3) is 10.9 Å². The number of H-pyrrole nitrogens is 1. The quantitative estimate of drug-likeness (QED) is 0.593. The van der Waals surface area contributed by atoms with Crippen molar-refractivity contribution in [3.05, 3.63) is 47.8 Å². The fourth-order valence-corrected chi connectivity index (χ4v) is 3.98. The minimum atomic E-state index is -0.0544. The molecule has 3 N–H and O–H groups in total. The predicted molar refractivity (Wildman–Crippen MR) is 113 cm³/mol. The van der Waals surface area contributed by atoms with Gasteiger partial charge in [0.15, 0.2) is 0 Å². The molecule has 1 amide bonds. The molecular weight excluding hydrogens is 350 g/mol. The number of carbonyl (C=O) groups is 1. The Bertz CT molecular complexity index is 941. The van der Waals surface area contributed by atoms with Gasteiger partial charge in [0.05, 0.1) is 16.6 Å². The third kappa shape index (κ3) is 4.32. The number of aryl methyl sites for hydroxylation is 2. The van der Waals surface area contributed by atoms with Crippen molar-refractivity contribution in [3.63, 3.8) is 0 Å². The van der Waals surface area contributed by atoms with Gasteiger partial charge in [-0.25, -0.2) is 4.98 Å². The van der Waals surface area contributed by atoms with E-state index in [0.717, 1.165) is 40.9 Å². The Hall–Kier alpha value is -2.89. The summed E-state index contributed by atoms with van der Waals surface area (Å²) in [6.07, 6.45) is 9.92. The first-order valence-corrected chi connectivity index (χ1v) is 10.1. The van der Waals surface area contributed by atoms with E-state index in [1.165, 1.54) is 44.6 Å². The molecule has 146 valence electrons. The molecule has 1 saturated carbocycles. The highest BCUT2D eigenvalue weighted by Crippen LogP contribution is 2.27. The van der Waals surface area contributed by atoms with Gasteiger partial charge in [-0.3, -0.25) is 9.89 Å².